The number of nitrogens with one attached hydrogen (secondary N) is 1. The van der Waals surface area contributed by atoms with Crippen LogP contribution < -0.4 is 10.2 Å². The quantitative estimate of drug-likeness (QED) is 0.776. The van der Waals surface area contributed by atoms with Crippen molar-refractivity contribution < 1.29 is 4.79 Å². The maximum atomic E-state index is 12.3. The van der Waals surface area contributed by atoms with Crippen LogP contribution in [0.4, 0.5) is 11.4 Å². The van der Waals surface area contributed by atoms with Crippen LogP contribution >= 0.6 is 0 Å². The fourth-order valence-electron chi connectivity index (χ4n) is 3.40. The standard InChI is InChI=1S/C22H29N3O/c1-2-24(18-19-8-4-3-5-9-19)17-14-22(26)23-20-10-12-21(13-11-20)25-15-6-7-16-25/h3-5,8-13H,2,6-7,14-18H2,1H3,(H,23,26). The van der Waals surface area contributed by atoms with Gasteiger partial charge in [0.15, 0.2) is 0 Å². The molecule has 0 saturated carbocycles. The zero-order valence-corrected chi connectivity index (χ0v) is 15.7. The van der Waals surface area contributed by atoms with Crippen LogP contribution in [0.5, 0.6) is 0 Å². The van der Waals surface area contributed by atoms with Gasteiger partial charge in [0, 0.05) is 44.0 Å². The van der Waals surface area contributed by atoms with Crippen molar-refractivity contribution in [1.29, 1.82) is 0 Å². The van der Waals surface area contributed by atoms with E-state index in [0.717, 1.165) is 38.4 Å². The normalized spacial score (nSPS) is 14.0. The molecule has 0 aromatic heterocycles. The predicted molar refractivity (Wildman–Crippen MR) is 109 cm³/mol. The highest BCUT2D eigenvalue weighted by atomic mass is 16.1. The highest BCUT2D eigenvalue weighted by molar-refractivity contribution is 5.91. The van der Waals surface area contributed by atoms with Gasteiger partial charge in [-0.15, -0.1) is 0 Å². The van der Waals surface area contributed by atoms with E-state index in [9.17, 15) is 4.79 Å². The number of carbonyl (C=O) groups excluding carboxylic acids is 1. The highest BCUT2D eigenvalue weighted by Gasteiger charge is 2.12. The first-order valence-corrected chi connectivity index (χ1v) is 9.66. The van der Waals surface area contributed by atoms with Gasteiger partial charge < -0.3 is 10.2 Å². The van der Waals surface area contributed by atoms with E-state index in [1.54, 1.807) is 0 Å². The Morgan fingerprint density at radius 2 is 1.73 bits per heavy atom. The Morgan fingerprint density at radius 1 is 1.04 bits per heavy atom. The summed E-state index contributed by atoms with van der Waals surface area (Å²) < 4.78 is 0. The van der Waals surface area contributed by atoms with Crippen molar-refractivity contribution in [3.8, 4) is 0 Å². The van der Waals surface area contributed by atoms with Crippen LogP contribution in [0.2, 0.25) is 0 Å². The predicted octanol–water partition coefficient (Wildman–Crippen LogP) is 4.14. The molecule has 2 aromatic rings. The van der Waals surface area contributed by atoms with Crippen molar-refractivity contribution in [2.75, 3.05) is 36.4 Å². The van der Waals surface area contributed by atoms with Gasteiger partial charge in [-0.2, -0.15) is 0 Å². The number of nitrogens with zero attached hydrogens (tertiary/aromatic N) is 2. The van der Waals surface area contributed by atoms with Crippen LogP contribution in [-0.4, -0.2) is 37.0 Å². The van der Waals surface area contributed by atoms with Gasteiger partial charge in [0.25, 0.3) is 0 Å². The topological polar surface area (TPSA) is 35.6 Å². The van der Waals surface area contributed by atoms with Crippen LogP contribution in [0.25, 0.3) is 0 Å². The molecule has 3 rings (SSSR count). The number of hydrogen-bond donors (Lipinski definition) is 1. The minimum absolute atomic E-state index is 0.0745. The molecule has 0 aliphatic carbocycles. The van der Waals surface area contributed by atoms with E-state index < -0.39 is 0 Å². The minimum atomic E-state index is 0.0745. The monoisotopic (exact) mass is 351 g/mol. The van der Waals surface area contributed by atoms with E-state index in [4.69, 9.17) is 0 Å². The Labute approximate surface area is 156 Å². The van der Waals surface area contributed by atoms with Gasteiger partial charge in [-0.05, 0) is 49.2 Å². The summed E-state index contributed by atoms with van der Waals surface area (Å²) in [5.41, 5.74) is 3.41. The summed E-state index contributed by atoms with van der Waals surface area (Å²) in [4.78, 5) is 17.0. The molecule has 1 aliphatic heterocycles. The van der Waals surface area contributed by atoms with Crippen molar-refractivity contribution in [1.82, 2.24) is 4.90 Å². The van der Waals surface area contributed by atoms with Gasteiger partial charge in [-0.25, -0.2) is 0 Å². The Kier molecular flexibility index (Phi) is 6.67. The molecular weight excluding hydrogens is 322 g/mol. The molecule has 0 bridgehead atoms. The first kappa shape index (κ1) is 18.5. The fraction of sp³-hybridized carbons (Fsp3) is 0.409. The summed E-state index contributed by atoms with van der Waals surface area (Å²) in [5, 5.41) is 3.02. The lowest BCUT2D eigenvalue weighted by atomic mass is 10.2. The van der Waals surface area contributed by atoms with Crippen molar-refractivity contribution in [2.45, 2.75) is 32.7 Å². The van der Waals surface area contributed by atoms with Crippen LogP contribution in [0.15, 0.2) is 54.6 Å². The van der Waals surface area contributed by atoms with E-state index in [1.165, 1.54) is 24.1 Å². The first-order chi connectivity index (χ1) is 12.7. The van der Waals surface area contributed by atoms with E-state index in [0.29, 0.717) is 6.42 Å². The Hall–Kier alpha value is -2.33. The molecule has 1 fully saturated rings. The maximum Gasteiger partial charge on any atom is 0.225 e. The first-order valence-electron chi connectivity index (χ1n) is 9.66. The highest BCUT2D eigenvalue weighted by Crippen LogP contribution is 2.22. The molecule has 0 atom stereocenters. The second-order valence-corrected chi connectivity index (χ2v) is 6.89. The summed E-state index contributed by atoms with van der Waals surface area (Å²) in [5.74, 6) is 0.0745. The molecular formula is C22H29N3O. The number of carbonyl (C=O) groups is 1. The molecule has 0 unspecified atom stereocenters. The van der Waals surface area contributed by atoms with Crippen LogP contribution in [0, 0.1) is 0 Å². The summed E-state index contributed by atoms with van der Waals surface area (Å²) in [7, 11) is 0. The zero-order chi connectivity index (χ0) is 18.2. The average molecular weight is 351 g/mol. The van der Waals surface area contributed by atoms with E-state index >= 15 is 0 Å². The van der Waals surface area contributed by atoms with Gasteiger partial charge in [-0.1, -0.05) is 37.3 Å². The Bertz CT molecular complexity index is 678. The fourth-order valence-corrected chi connectivity index (χ4v) is 3.40. The molecule has 4 heteroatoms. The molecule has 1 heterocycles. The lowest BCUT2D eigenvalue weighted by molar-refractivity contribution is -0.116. The van der Waals surface area contributed by atoms with Crippen LogP contribution in [0.3, 0.4) is 0 Å². The SMILES string of the molecule is CCN(CCC(=O)Nc1ccc(N2CCCC2)cc1)Cc1ccccc1. The molecule has 138 valence electrons. The average Bonchev–Trinajstić information content (AvgIpc) is 3.21. The molecule has 4 nitrogen and oxygen atoms in total. The van der Waals surface area contributed by atoms with E-state index in [1.807, 2.05) is 18.2 Å². The molecule has 0 radical (unpaired) electrons. The third-order valence-electron chi connectivity index (χ3n) is 4.97. The minimum Gasteiger partial charge on any atom is -0.372 e. The van der Waals surface area contributed by atoms with Gasteiger partial charge in [-0.3, -0.25) is 9.69 Å². The third-order valence-corrected chi connectivity index (χ3v) is 4.97. The summed E-state index contributed by atoms with van der Waals surface area (Å²) in [6, 6.07) is 18.6. The Morgan fingerprint density at radius 3 is 2.38 bits per heavy atom. The number of rotatable bonds is 8. The lowest BCUT2D eigenvalue weighted by Gasteiger charge is -2.20. The van der Waals surface area contributed by atoms with Gasteiger partial charge in [0.05, 0.1) is 0 Å². The smallest absolute Gasteiger partial charge is 0.225 e. The molecule has 1 aliphatic rings. The maximum absolute atomic E-state index is 12.3. The van der Waals surface area contributed by atoms with Crippen LogP contribution in [0.1, 0.15) is 31.7 Å². The van der Waals surface area contributed by atoms with Crippen molar-refractivity contribution in [2.24, 2.45) is 0 Å². The molecule has 2 aromatic carbocycles. The van der Waals surface area contributed by atoms with E-state index in [2.05, 4.69) is 58.4 Å². The van der Waals surface area contributed by atoms with Gasteiger partial charge >= 0.3 is 0 Å². The largest absolute Gasteiger partial charge is 0.372 e. The number of benzene rings is 2. The molecule has 0 spiro atoms. The number of amides is 1. The van der Waals surface area contributed by atoms with Crippen molar-refractivity contribution >= 4 is 17.3 Å². The molecule has 1 amide bonds. The van der Waals surface area contributed by atoms with Gasteiger partial charge in [0.2, 0.25) is 5.91 Å². The second kappa shape index (κ2) is 9.39. The summed E-state index contributed by atoms with van der Waals surface area (Å²) in [6.45, 7) is 7.00. The summed E-state index contributed by atoms with van der Waals surface area (Å²) >= 11 is 0. The van der Waals surface area contributed by atoms with Crippen molar-refractivity contribution in [3.05, 3.63) is 60.2 Å². The van der Waals surface area contributed by atoms with Crippen molar-refractivity contribution in [3.63, 3.8) is 0 Å². The summed E-state index contributed by atoms with van der Waals surface area (Å²) in [6.07, 6.45) is 3.05. The second-order valence-electron chi connectivity index (χ2n) is 6.89. The number of hydrogen-bond acceptors (Lipinski definition) is 3. The van der Waals surface area contributed by atoms with Crippen LogP contribution in [-0.2, 0) is 11.3 Å². The Balaban J connectivity index is 1.45. The molecule has 1 saturated heterocycles. The van der Waals surface area contributed by atoms with E-state index in [-0.39, 0.29) is 5.91 Å². The molecule has 26 heavy (non-hydrogen) atoms. The third kappa shape index (κ3) is 5.33. The number of anilines is 2. The zero-order valence-electron chi connectivity index (χ0n) is 15.7. The molecule has 1 N–H and O–H groups in total. The lowest BCUT2D eigenvalue weighted by Crippen LogP contribution is -2.27. The van der Waals surface area contributed by atoms with Gasteiger partial charge in [0.1, 0.15) is 0 Å².